The number of phenolic OH excluding ortho intramolecular Hbond substituents is 2. The molecule has 6 nitrogen and oxygen atoms in total. The van der Waals surface area contributed by atoms with E-state index in [-0.39, 0.29) is 11.5 Å². The SMILES string of the molecule is CSC(SC)(c1ccc2oc(-c3ccc(O)cc3)nc2c1)c1ccc2oc(-c3ccc(O)cc3)nc2c1. The molecule has 0 aliphatic heterocycles. The lowest BCUT2D eigenvalue weighted by atomic mass is 10.0. The third-order valence-corrected chi connectivity index (χ3v) is 9.43. The second-order valence-electron chi connectivity index (χ2n) is 8.52. The molecule has 0 radical (unpaired) electrons. The molecule has 0 unspecified atom stereocenters. The first-order valence-electron chi connectivity index (χ1n) is 11.5. The number of aromatic nitrogens is 2. The largest absolute Gasteiger partial charge is 0.508 e. The second-order valence-corrected chi connectivity index (χ2v) is 10.8. The van der Waals surface area contributed by atoms with Crippen LogP contribution in [0.1, 0.15) is 11.1 Å². The van der Waals surface area contributed by atoms with Gasteiger partial charge in [-0.15, -0.1) is 23.5 Å². The Morgan fingerprint density at radius 3 is 1.38 bits per heavy atom. The maximum Gasteiger partial charge on any atom is 0.227 e. The van der Waals surface area contributed by atoms with Gasteiger partial charge in [0.15, 0.2) is 11.2 Å². The molecule has 0 bridgehead atoms. The van der Waals surface area contributed by atoms with Crippen LogP contribution in [-0.4, -0.2) is 32.7 Å². The Morgan fingerprint density at radius 1 is 0.595 bits per heavy atom. The molecule has 2 aromatic heterocycles. The summed E-state index contributed by atoms with van der Waals surface area (Å²) in [5, 5.41) is 19.2. The van der Waals surface area contributed by atoms with Crippen LogP contribution in [0.5, 0.6) is 11.5 Å². The van der Waals surface area contributed by atoms with E-state index < -0.39 is 4.08 Å². The third kappa shape index (κ3) is 4.12. The summed E-state index contributed by atoms with van der Waals surface area (Å²) >= 11 is 3.48. The van der Waals surface area contributed by atoms with Crippen LogP contribution in [0, 0.1) is 0 Å². The van der Waals surface area contributed by atoms with Gasteiger partial charge in [0.1, 0.15) is 26.6 Å². The van der Waals surface area contributed by atoms with Gasteiger partial charge in [0.2, 0.25) is 11.8 Å². The molecule has 4 aromatic carbocycles. The van der Waals surface area contributed by atoms with Gasteiger partial charge in [-0.2, -0.15) is 0 Å². The van der Waals surface area contributed by atoms with E-state index in [4.69, 9.17) is 18.8 Å². The third-order valence-electron chi connectivity index (χ3n) is 6.34. The number of hydrogen-bond donors (Lipinski definition) is 2. The van der Waals surface area contributed by atoms with E-state index in [0.717, 1.165) is 33.3 Å². The van der Waals surface area contributed by atoms with Crippen molar-refractivity contribution in [2.75, 3.05) is 12.5 Å². The average molecular weight is 527 g/mol. The zero-order valence-electron chi connectivity index (χ0n) is 20.0. The molecule has 2 heterocycles. The fourth-order valence-electron chi connectivity index (χ4n) is 4.44. The number of aromatic hydroxyl groups is 2. The molecule has 0 spiro atoms. The van der Waals surface area contributed by atoms with E-state index >= 15 is 0 Å². The summed E-state index contributed by atoms with van der Waals surface area (Å²) in [5.41, 5.74) is 6.73. The predicted octanol–water partition coefficient (Wildman–Crippen LogP) is 7.64. The van der Waals surface area contributed by atoms with Gasteiger partial charge >= 0.3 is 0 Å². The quantitative estimate of drug-likeness (QED) is 0.214. The molecular weight excluding hydrogens is 504 g/mol. The standard InChI is InChI=1S/C29H22N2O4S2/c1-36-29(37-2,19-7-13-25-23(15-19)30-27(34-25)17-3-9-21(32)10-4-17)20-8-14-26-24(16-20)31-28(35-26)18-5-11-22(33)12-6-18/h3-16,32-33H,1-2H3. The number of nitrogens with zero attached hydrogens (tertiary/aromatic N) is 2. The predicted molar refractivity (Wildman–Crippen MR) is 150 cm³/mol. The molecule has 0 aliphatic carbocycles. The molecular formula is C29H22N2O4S2. The Morgan fingerprint density at radius 2 is 1.00 bits per heavy atom. The molecule has 6 rings (SSSR count). The van der Waals surface area contributed by atoms with Gasteiger partial charge in [-0.1, -0.05) is 12.1 Å². The van der Waals surface area contributed by atoms with E-state index in [2.05, 4.69) is 36.8 Å². The normalized spacial score (nSPS) is 11.9. The van der Waals surface area contributed by atoms with Gasteiger partial charge in [0, 0.05) is 11.1 Å². The van der Waals surface area contributed by atoms with Crippen LogP contribution in [0.3, 0.4) is 0 Å². The number of benzene rings is 4. The molecule has 37 heavy (non-hydrogen) atoms. The second kappa shape index (κ2) is 9.21. The minimum absolute atomic E-state index is 0.200. The molecule has 0 amide bonds. The van der Waals surface area contributed by atoms with E-state index in [9.17, 15) is 10.2 Å². The molecule has 0 saturated heterocycles. The Hall–Kier alpha value is -3.88. The van der Waals surface area contributed by atoms with Crippen LogP contribution < -0.4 is 0 Å². The van der Waals surface area contributed by atoms with Crippen LogP contribution in [0.15, 0.2) is 93.8 Å². The van der Waals surface area contributed by atoms with E-state index in [1.165, 1.54) is 0 Å². The minimum Gasteiger partial charge on any atom is -0.508 e. The van der Waals surface area contributed by atoms with Gasteiger partial charge in [-0.3, -0.25) is 0 Å². The fraction of sp³-hybridized carbons (Fsp3) is 0.103. The van der Waals surface area contributed by atoms with Gasteiger partial charge in [0.25, 0.3) is 0 Å². The summed E-state index contributed by atoms with van der Waals surface area (Å²) < 4.78 is 11.6. The van der Waals surface area contributed by atoms with Crippen molar-refractivity contribution >= 4 is 45.7 Å². The van der Waals surface area contributed by atoms with Gasteiger partial charge in [-0.25, -0.2) is 9.97 Å². The van der Waals surface area contributed by atoms with Crippen molar-refractivity contribution in [2.24, 2.45) is 0 Å². The highest BCUT2D eigenvalue weighted by Gasteiger charge is 2.34. The van der Waals surface area contributed by atoms with Crippen molar-refractivity contribution in [3.05, 3.63) is 96.1 Å². The van der Waals surface area contributed by atoms with Crippen molar-refractivity contribution in [1.29, 1.82) is 0 Å². The molecule has 0 saturated carbocycles. The minimum atomic E-state index is -0.405. The van der Waals surface area contributed by atoms with Crippen LogP contribution in [-0.2, 0) is 4.08 Å². The van der Waals surface area contributed by atoms with Crippen molar-refractivity contribution in [2.45, 2.75) is 4.08 Å². The number of oxazole rings is 2. The van der Waals surface area contributed by atoms with Crippen LogP contribution in [0.4, 0.5) is 0 Å². The fourth-order valence-corrected chi connectivity index (χ4v) is 6.56. The monoisotopic (exact) mass is 526 g/mol. The smallest absolute Gasteiger partial charge is 0.227 e. The Bertz CT molecular complexity index is 1590. The van der Waals surface area contributed by atoms with E-state index in [1.54, 1.807) is 72.1 Å². The highest BCUT2D eigenvalue weighted by molar-refractivity contribution is 8.17. The van der Waals surface area contributed by atoms with Crippen molar-refractivity contribution in [3.8, 4) is 34.4 Å². The summed E-state index contributed by atoms with van der Waals surface area (Å²) in [4.78, 5) is 9.46. The summed E-state index contributed by atoms with van der Waals surface area (Å²) in [6.45, 7) is 0. The maximum atomic E-state index is 9.59. The lowest BCUT2D eigenvalue weighted by Crippen LogP contribution is -2.18. The number of thioether (sulfide) groups is 2. The van der Waals surface area contributed by atoms with E-state index in [0.29, 0.717) is 22.9 Å². The zero-order chi connectivity index (χ0) is 25.6. The summed E-state index contributed by atoms with van der Waals surface area (Å²) in [6.07, 6.45) is 4.19. The molecule has 8 heteroatoms. The Balaban J connectivity index is 1.41. The summed E-state index contributed by atoms with van der Waals surface area (Å²) in [7, 11) is 0. The highest BCUT2D eigenvalue weighted by Crippen LogP contribution is 2.50. The lowest BCUT2D eigenvalue weighted by molar-refractivity contribution is 0.474. The first kappa shape index (κ1) is 23.5. The van der Waals surface area contributed by atoms with Crippen molar-refractivity contribution in [1.82, 2.24) is 9.97 Å². The number of hydrogen-bond acceptors (Lipinski definition) is 8. The lowest BCUT2D eigenvalue weighted by Gasteiger charge is -2.31. The van der Waals surface area contributed by atoms with Crippen molar-refractivity contribution < 1.29 is 19.0 Å². The molecule has 184 valence electrons. The Kier molecular flexibility index (Phi) is 5.85. The average Bonchev–Trinajstić information content (AvgIpc) is 3.54. The number of rotatable bonds is 6. The topological polar surface area (TPSA) is 92.5 Å². The van der Waals surface area contributed by atoms with Crippen LogP contribution >= 0.6 is 23.5 Å². The summed E-state index contributed by atoms with van der Waals surface area (Å²) in [5.74, 6) is 1.42. The van der Waals surface area contributed by atoms with Gasteiger partial charge in [-0.05, 0) is 96.4 Å². The van der Waals surface area contributed by atoms with Gasteiger partial charge in [0.05, 0.1) is 0 Å². The Labute approximate surface area is 221 Å². The number of phenols is 2. The number of fused-ring (bicyclic) bond motifs is 2. The van der Waals surface area contributed by atoms with Crippen LogP contribution in [0.2, 0.25) is 0 Å². The maximum absolute atomic E-state index is 9.59. The molecule has 0 fully saturated rings. The molecule has 2 N–H and O–H groups in total. The molecule has 6 aromatic rings. The van der Waals surface area contributed by atoms with Gasteiger partial charge < -0.3 is 19.0 Å². The highest BCUT2D eigenvalue weighted by atomic mass is 32.2. The van der Waals surface area contributed by atoms with E-state index in [1.807, 2.05) is 12.1 Å². The molecule has 0 aliphatic rings. The van der Waals surface area contributed by atoms with Crippen molar-refractivity contribution in [3.63, 3.8) is 0 Å². The zero-order valence-corrected chi connectivity index (χ0v) is 21.6. The summed E-state index contributed by atoms with van der Waals surface area (Å²) in [6, 6.07) is 25.9. The first-order chi connectivity index (χ1) is 18.0. The molecule has 0 atom stereocenters. The van der Waals surface area contributed by atoms with Crippen LogP contribution in [0.25, 0.3) is 45.1 Å². The first-order valence-corrected chi connectivity index (χ1v) is 14.0.